The number of carbonyl (C=O) groups excluding carboxylic acids is 1. The van der Waals surface area contributed by atoms with Crippen molar-refractivity contribution in [2.45, 2.75) is 13.3 Å². The molecule has 8 nitrogen and oxygen atoms in total. The molecule has 0 saturated carbocycles. The number of nitrogens with two attached hydrogens (primary N) is 1. The average Bonchev–Trinajstić information content (AvgIpc) is 2.60. The minimum Gasteiger partial charge on any atom is -0.469 e. The third kappa shape index (κ3) is 6.42. The van der Waals surface area contributed by atoms with E-state index in [9.17, 15) is 13.6 Å². The average molecular weight is 376 g/mol. The quantitative estimate of drug-likeness (QED) is 0.559. The number of rotatable bonds is 7. The van der Waals surface area contributed by atoms with E-state index < -0.39 is 17.6 Å². The SMILES string of the molecule is COC(=O)Cc1cccc(-c2nc(N)nc(NC/C=C(F)\C=C(/C)F)n2)n1. The van der Waals surface area contributed by atoms with E-state index in [1.54, 1.807) is 18.2 Å². The van der Waals surface area contributed by atoms with Crippen molar-refractivity contribution in [2.75, 3.05) is 24.7 Å². The van der Waals surface area contributed by atoms with Crippen LogP contribution in [0.3, 0.4) is 0 Å². The zero-order valence-corrected chi connectivity index (χ0v) is 14.7. The van der Waals surface area contributed by atoms with Crippen LogP contribution in [-0.2, 0) is 16.0 Å². The fraction of sp³-hybridized carbons (Fsp3) is 0.235. The summed E-state index contributed by atoms with van der Waals surface area (Å²) in [4.78, 5) is 27.8. The van der Waals surface area contributed by atoms with Crippen LogP contribution in [0.25, 0.3) is 11.5 Å². The molecule has 0 aliphatic rings. The first kappa shape index (κ1) is 19.9. The number of nitrogens with zero attached hydrogens (tertiary/aromatic N) is 4. The predicted molar refractivity (Wildman–Crippen MR) is 95.7 cm³/mol. The standard InChI is InChI=1S/C17H18F2N6O2/c1-10(18)8-11(19)6-7-21-17-24-15(23-16(20)25-17)13-5-3-4-12(22-13)9-14(26)27-2/h3-6,8H,7,9H2,1-2H3,(H3,20,21,23,24,25)/b10-8+,11-6+. The van der Waals surface area contributed by atoms with Gasteiger partial charge in [0.1, 0.15) is 11.5 Å². The Morgan fingerprint density at radius 1 is 1.26 bits per heavy atom. The second kappa shape index (κ2) is 9.32. The van der Waals surface area contributed by atoms with Crippen LogP contribution in [0, 0.1) is 0 Å². The van der Waals surface area contributed by atoms with Crippen molar-refractivity contribution in [2.24, 2.45) is 0 Å². The molecule has 27 heavy (non-hydrogen) atoms. The number of halogens is 2. The summed E-state index contributed by atoms with van der Waals surface area (Å²) in [5.41, 5.74) is 6.54. The maximum absolute atomic E-state index is 13.3. The highest BCUT2D eigenvalue weighted by Crippen LogP contribution is 2.16. The molecule has 2 heterocycles. The van der Waals surface area contributed by atoms with Crippen LogP contribution < -0.4 is 11.1 Å². The molecular formula is C17H18F2N6O2. The second-order valence-corrected chi connectivity index (χ2v) is 5.31. The van der Waals surface area contributed by atoms with Gasteiger partial charge in [0.25, 0.3) is 0 Å². The zero-order chi connectivity index (χ0) is 19.8. The number of pyridine rings is 1. The van der Waals surface area contributed by atoms with E-state index in [2.05, 4.69) is 30.0 Å². The topological polar surface area (TPSA) is 116 Å². The van der Waals surface area contributed by atoms with Gasteiger partial charge in [0.2, 0.25) is 11.9 Å². The van der Waals surface area contributed by atoms with Crippen molar-refractivity contribution in [3.63, 3.8) is 0 Å². The van der Waals surface area contributed by atoms with Crippen LogP contribution in [0.1, 0.15) is 12.6 Å². The number of hydrogen-bond acceptors (Lipinski definition) is 8. The highest BCUT2D eigenvalue weighted by atomic mass is 19.1. The van der Waals surface area contributed by atoms with Crippen molar-refractivity contribution >= 4 is 17.9 Å². The number of anilines is 2. The lowest BCUT2D eigenvalue weighted by atomic mass is 10.2. The van der Waals surface area contributed by atoms with Gasteiger partial charge in [-0.2, -0.15) is 15.0 Å². The highest BCUT2D eigenvalue weighted by molar-refractivity contribution is 5.72. The first-order valence-corrected chi connectivity index (χ1v) is 7.85. The van der Waals surface area contributed by atoms with Gasteiger partial charge in [-0.3, -0.25) is 4.79 Å². The summed E-state index contributed by atoms with van der Waals surface area (Å²) in [5.74, 6) is -1.59. The molecule has 0 aromatic carbocycles. The largest absolute Gasteiger partial charge is 0.469 e. The van der Waals surface area contributed by atoms with Gasteiger partial charge in [0.15, 0.2) is 5.82 Å². The van der Waals surface area contributed by atoms with E-state index in [0.29, 0.717) is 11.4 Å². The second-order valence-electron chi connectivity index (χ2n) is 5.31. The van der Waals surface area contributed by atoms with Gasteiger partial charge in [-0.05, 0) is 25.1 Å². The Bertz CT molecular complexity index is 881. The number of nitrogens with one attached hydrogen (secondary N) is 1. The Morgan fingerprint density at radius 3 is 2.74 bits per heavy atom. The summed E-state index contributed by atoms with van der Waals surface area (Å²) in [7, 11) is 1.29. The van der Waals surface area contributed by atoms with Gasteiger partial charge in [0, 0.05) is 12.6 Å². The summed E-state index contributed by atoms with van der Waals surface area (Å²) < 4.78 is 30.6. The number of nitrogen functional groups attached to an aromatic ring is 1. The Balaban J connectivity index is 2.18. The molecule has 0 radical (unpaired) electrons. The number of carbonyl (C=O) groups is 1. The number of hydrogen-bond donors (Lipinski definition) is 2. The molecule has 0 unspecified atom stereocenters. The van der Waals surface area contributed by atoms with Gasteiger partial charge in [-0.25, -0.2) is 13.8 Å². The summed E-state index contributed by atoms with van der Waals surface area (Å²) in [6.45, 7) is 1.15. The molecule has 10 heteroatoms. The highest BCUT2D eigenvalue weighted by Gasteiger charge is 2.10. The van der Waals surface area contributed by atoms with E-state index in [0.717, 1.165) is 19.1 Å². The first-order valence-electron chi connectivity index (χ1n) is 7.85. The number of allylic oxidation sites excluding steroid dienone is 3. The molecular weight excluding hydrogens is 358 g/mol. The molecule has 0 bridgehead atoms. The van der Waals surface area contributed by atoms with E-state index >= 15 is 0 Å². The van der Waals surface area contributed by atoms with Crippen LogP contribution in [0.15, 0.2) is 42.0 Å². The summed E-state index contributed by atoms with van der Waals surface area (Å²) >= 11 is 0. The van der Waals surface area contributed by atoms with Crippen LogP contribution in [0.5, 0.6) is 0 Å². The Labute approximate surface area is 154 Å². The third-order valence-electron chi connectivity index (χ3n) is 3.14. The molecule has 2 aromatic rings. The number of aromatic nitrogens is 4. The lowest BCUT2D eigenvalue weighted by molar-refractivity contribution is -0.139. The van der Waals surface area contributed by atoms with Crippen molar-refractivity contribution < 1.29 is 18.3 Å². The fourth-order valence-corrected chi connectivity index (χ4v) is 2.00. The van der Waals surface area contributed by atoms with Gasteiger partial charge >= 0.3 is 5.97 Å². The van der Waals surface area contributed by atoms with Crippen LogP contribution in [0.4, 0.5) is 20.7 Å². The molecule has 0 fully saturated rings. The fourth-order valence-electron chi connectivity index (χ4n) is 2.00. The van der Waals surface area contributed by atoms with Gasteiger partial charge in [-0.1, -0.05) is 6.07 Å². The Morgan fingerprint density at radius 2 is 2.04 bits per heavy atom. The normalized spacial score (nSPS) is 12.0. The van der Waals surface area contributed by atoms with Crippen LogP contribution in [0.2, 0.25) is 0 Å². The molecule has 0 aliphatic heterocycles. The molecule has 2 aromatic heterocycles. The van der Waals surface area contributed by atoms with Crippen LogP contribution in [-0.4, -0.2) is 39.6 Å². The summed E-state index contributed by atoms with van der Waals surface area (Å²) in [6, 6.07) is 5.00. The molecule has 0 aliphatic carbocycles. The van der Waals surface area contributed by atoms with Gasteiger partial charge in [0.05, 0.1) is 25.1 Å². The number of ether oxygens (including phenoxy) is 1. The number of methoxy groups -OCH3 is 1. The molecule has 3 N–H and O–H groups in total. The van der Waals surface area contributed by atoms with E-state index in [-0.39, 0.29) is 30.7 Å². The van der Waals surface area contributed by atoms with Crippen molar-refractivity contribution in [3.05, 3.63) is 47.7 Å². The minimum absolute atomic E-state index is 0.00158. The Hall–Kier alpha value is -3.43. The molecule has 0 atom stereocenters. The van der Waals surface area contributed by atoms with Crippen molar-refractivity contribution in [1.29, 1.82) is 0 Å². The zero-order valence-electron chi connectivity index (χ0n) is 14.7. The van der Waals surface area contributed by atoms with Crippen molar-refractivity contribution in [1.82, 2.24) is 19.9 Å². The van der Waals surface area contributed by atoms with E-state index in [1.807, 2.05) is 0 Å². The van der Waals surface area contributed by atoms with Crippen molar-refractivity contribution in [3.8, 4) is 11.5 Å². The monoisotopic (exact) mass is 376 g/mol. The lowest BCUT2D eigenvalue weighted by Gasteiger charge is -2.06. The molecule has 0 spiro atoms. The van der Waals surface area contributed by atoms with Gasteiger partial charge in [-0.15, -0.1) is 0 Å². The molecule has 2 rings (SSSR count). The van der Waals surface area contributed by atoms with Gasteiger partial charge < -0.3 is 15.8 Å². The Kier molecular flexibility index (Phi) is 6.86. The summed E-state index contributed by atoms with van der Waals surface area (Å²) in [5, 5.41) is 2.74. The molecule has 0 amide bonds. The molecule has 142 valence electrons. The van der Waals surface area contributed by atoms with E-state index in [1.165, 1.54) is 7.11 Å². The molecule has 0 saturated heterocycles. The van der Waals surface area contributed by atoms with E-state index in [4.69, 9.17) is 5.73 Å². The maximum Gasteiger partial charge on any atom is 0.311 e. The third-order valence-corrected chi connectivity index (χ3v) is 3.14. The maximum atomic E-state index is 13.3. The lowest BCUT2D eigenvalue weighted by Crippen LogP contribution is -2.10. The van der Waals surface area contributed by atoms with Crippen LogP contribution >= 0.6 is 0 Å². The number of esters is 1. The smallest absolute Gasteiger partial charge is 0.311 e. The minimum atomic E-state index is -0.734. The summed E-state index contributed by atoms with van der Waals surface area (Å²) in [6.07, 6.45) is 1.88. The predicted octanol–water partition coefficient (Wildman–Crippen LogP) is 2.37. The first-order chi connectivity index (χ1) is 12.9.